The van der Waals surface area contributed by atoms with E-state index < -0.39 is 10.0 Å². The lowest BCUT2D eigenvalue weighted by Gasteiger charge is -2.14. The van der Waals surface area contributed by atoms with Gasteiger partial charge in [0.05, 0.1) is 22.0 Å². The topological polar surface area (TPSA) is 93.2 Å². The minimum atomic E-state index is -3.71. The maximum atomic E-state index is 11.2. The van der Waals surface area contributed by atoms with Crippen LogP contribution in [0, 0.1) is 16.7 Å². The largest absolute Gasteiger partial charge is 0.492 e. The lowest BCUT2D eigenvalue weighted by molar-refractivity contribution is 0.235. The van der Waals surface area contributed by atoms with Crippen molar-refractivity contribution in [2.45, 2.75) is 24.2 Å². The Morgan fingerprint density at radius 3 is 2.63 bits per heavy atom. The van der Waals surface area contributed by atoms with Crippen molar-refractivity contribution in [3.63, 3.8) is 0 Å². The highest BCUT2D eigenvalue weighted by Gasteiger charge is 2.43. The number of benzene rings is 1. The molecule has 0 radical (unpaired) electrons. The molecule has 1 aliphatic carbocycles. The first-order chi connectivity index (χ1) is 8.86. The molecule has 7 heteroatoms. The molecule has 0 unspecified atom stereocenters. The second kappa shape index (κ2) is 5.12. The first-order valence-corrected chi connectivity index (χ1v) is 8.02. The highest BCUT2D eigenvalue weighted by atomic mass is 79.9. The Bertz CT molecular complexity index is 633. The number of sulfonamides is 1. The summed E-state index contributed by atoms with van der Waals surface area (Å²) in [5, 5.41) is 13.8. The molecule has 0 aromatic heterocycles. The van der Waals surface area contributed by atoms with E-state index in [1.165, 1.54) is 12.1 Å². The van der Waals surface area contributed by atoms with Crippen LogP contribution in [0.4, 0.5) is 0 Å². The monoisotopic (exact) mass is 344 g/mol. The number of ether oxygens (including phenoxy) is 1. The number of hydrogen-bond acceptors (Lipinski definition) is 4. The molecule has 5 nitrogen and oxygen atoms in total. The fourth-order valence-electron chi connectivity index (χ4n) is 1.72. The summed E-state index contributed by atoms with van der Waals surface area (Å²) in [5.41, 5.74) is -0.0210. The number of nitrogens with two attached hydrogens (primary N) is 1. The quantitative estimate of drug-likeness (QED) is 0.885. The van der Waals surface area contributed by atoms with E-state index in [1.54, 1.807) is 6.07 Å². The highest BCUT2D eigenvalue weighted by molar-refractivity contribution is 9.10. The molecule has 0 amide bonds. The minimum absolute atomic E-state index is 0.0210. The van der Waals surface area contributed by atoms with Gasteiger partial charge in [-0.25, -0.2) is 13.6 Å². The first-order valence-electron chi connectivity index (χ1n) is 5.68. The third-order valence-corrected chi connectivity index (χ3v) is 4.71. The van der Waals surface area contributed by atoms with Crippen LogP contribution in [0.2, 0.25) is 0 Å². The van der Waals surface area contributed by atoms with Gasteiger partial charge in [-0.2, -0.15) is 5.26 Å². The SMILES string of the molecule is N#CCC1(COc2ccc(S(N)(=O)=O)cc2Br)CC1. The summed E-state index contributed by atoms with van der Waals surface area (Å²) in [4.78, 5) is 0.0323. The van der Waals surface area contributed by atoms with Crippen molar-refractivity contribution in [1.29, 1.82) is 5.26 Å². The van der Waals surface area contributed by atoms with Crippen LogP contribution < -0.4 is 9.88 Å². The summed E-state index contributed by atoms with van der Waals surface area (Å²) in [6.07, 6.45) is 2.47. The molecule has 1 fully saturated rings. The molecule has 1 saturated carbocycles. The normalized spacial score (nSPS) is 16.7. The zero-order valence-corrected chi connectivity index (χ0v) is 12.5. The maximum absolute atomic E-state index is 11.2. The van der Waals surface area contributed by atoms with Gasteiger partial charge in [-0.3, -0.25) is 0 Å². The zero-order valence-electron chi connectivity index (χ0n) is 10.1. The Kier molecular flexibility index (Phi) is 3.85. The van der Waals surface area contributed by atoms with E-state index in [0.29, 0.717) is 23.2 Å². The van der Waals surface area contributed by atoms with Gasteiger partial charge >= 0.3 is 0 Å². The average Bonchev–Trinajstić information content (AvgIpc) is 3.07. The van der Waals surface area contributed by atoms with E-state index in [4.69, 9.17) is 15.1 Å². The Morgan fingerprint density at radius 1 is 1.47 bits per heavy atom. The molecule has 0 aliphatic heterocycles. The van der Waals surface area contributed by atoms with Gasteiger partial charge in [0.1, 0.15) is 5.75 Å². The van der Waals surface area contributed by atoms with Crippen molar-refractivity contribution in [3.05, 3.63) is 22.7 Å². The predicted molar refractivity (Wildman–Crippen MR) is 72.9 cm³/mol. The lowest BCUT2D eigenvalue weighted by Crippen LogP contribution is -2.14. The average molecular weight is 345 g/mol. The second-order valence-corrected chi connectivity index (χ2v) is 7.18. The number of nitriles is 1. The molecule has 0 spiro atoms. The summed E-state index contributed by atoms with van der Waals surface area (Å²) in [6.45, 7) is 0.466. The summed E-state index contributed by atoms with van der Waals surface area (Å²) in [5.74, 6) is 0.552. The fraction of sp³-hybridized carbons (Fsp3) is 0.417. The molecule has 2 rings (SSSR count). The van der Waals surface area contributed by atoms with Crippen molar-refractivity contribution < 1.29 is 13.2 Å². The Morgan fingerprint density at radius 2 is 2.16 bits per heavy atom. The molecule has 0 saturated heterocycles. The lowest BCUT2D eigenvalue weighted by atomic mass is 10.1. The third kappa shape index (κ3) is 3.47. The van der Waals surface area contributed by atoms with Crippen molar-refractivity contribution in [2.24, 2.45) is 10.6 Å². The van der Waals surface area contributed by atoms with Gasteiger partial charge in [0.25, 0.3) is 0 Å². The van der Waals surface area contributed by atoms with Crippen LogP contribution in [0.5, 0.6) is 5.75 Å². The van der Waals surface area contributed by atoms with Crippen LogP contribution in [-0.4, -0.2) is 15.0 Å². The number of primary sulfonamides is 1. The summed E-state index contributed by atoms with van der Waals surface area (Å²) >= 11 is 3.26. The van der Waals surface area contributed by atoms with Gasteiger partial charge in [-0.05, 0) is 47.0 Å². The molecule has 1 aromatic rings. The van der Waals surface area contributed by atoms with E-state index in [1.807, 2.05) is 0 Å². The smallest absolute Gasteiger partial charge is 0.238 e. The standard InChI is InChI=1S/C12H13BrN2O3S/c13-10-7-9(19(15,16)17)1-2-11(10)18-8-12(3-4-12)5-6-14/h1-2,7H,3-5,8H2,(H2,15,16,17). The molecule has 19 heavy (non-hydrogen) atoms. The Labute approximate surface area is 120 Å². The van der Waals surface area contributed by atoms with Gasteiger partial charge in [0.15, 0.2) is 0 Å². The number of hydrogen-bond donors (Lipinski definition) is 1. The maximum Gasteiger partial charge on any atom is 0.238 e. The first kappa shape index (κ1) is 14.3. The highest BCUT2D eigenvalue weighted by Crippen LogP contribution is 2.49. The molecule has 1 aliphatic rings. The molecule has 1 aromatic carbocycles. The third-order valence-electron chi connectivity index (χ3n) is 3.18. The van der Waals surface area contributed by atoms with Crippen LogP contribution in [0.15, 0.2) is 27.6 Å². The summed E-state index contributed by atoms with van der Waals surface area (Å²) in [6, 6.07) is 6.54. The van der Waals surface area contributed by atoms with Crippen molar-refractivity contribution in [2.75, 3.05) is 6.61 Å². The predicted octanol–water partition coefficient (Wildman–Crippen LogP) is 2.17. The summed E-state index contributed by atoms with van der Waals surface area (Å²) in [7, 11) is -3.71. The van der Waals surface area contributed by atoms with Crippen LogP contribution in [0.1, 0.15) is 19.3 Å². The van der Waals surface area contributed by atoms with E-state index in [0.717, 1.165) is 12.8 Å². The fourth-order valence-corrected chi connectivity index (χ4v) is 2.91. The zero-order chi connectivity index (χ0) is 14.1. The molecule has 0 heterocycles. The summed E-state index contributed by atoms with van der Waals surface area (Å²) < 4.78 is 28.6. The van der Waals surface area contributed by atoms with Gasteiger partial charge < -0.3 is 4.74 Å². The van der Waals surface area contributed by atoms with Gasteiger partial charge in [0, 0.05) is 11.8 Å². The second-order valence-electron chi connectivity index (χ2n) is 4.76. The van der Waals surface area contributed by atoms with E-state index >= 15 is 0 Å². The molecule has 102 valence electrons. The van der Waals surface area contributed by atoms with Crippen LogP contribution in [-0.2, 0) is 10.0 Å². The minimum Gasteiger partial charge on any atom is -0.492 e. The van der Waals surface area contributed by atoms with Crippen molar-refractivity contribution in [1.82, 2.24) is 0 Å². The molecule has 0 atom stereocenters. The molecular weight excluding hydrogens is 332 g/mol. The van der Waals surface area contributed by atoms with Crippen molar-refractivity contribution in [3.8, 4) is 11.8 Å². The molecule has 0 bridgehead atoms. The van der Waals surface area contributed by atoms with Gasteiger partial charge in [0.2, 0.25) is 10.0 Å². The van der Waals surface area contributed by atoms with Gasteiger partial charge in [-0.15, -0.1) is 0 Å². The molecule has 2 N–H and O–H groups in total. The number of halogens is 1. The van der Waals surface area contributed by atoms with E-state index in [-0.39, 0.29) is 10.3 Å². The van der Waals surface area contributed by atoms with E-state index in [2.05, 4.69) is 22.0 Å². The van der Waals surface area contributed by atoms with E-state index in [9.17, 15) is 8.42 Å². The number of rotatable bonds is 5. The Hall–Kier alpha value is -1.10. The Balaban J connectivity index is 2.09. The number of nitrogens with zero attached hydrogens (tertiary/aromatic N) is 1. The van der Waals surface area contributed by atoms with Crippen LogP contribution in [0.3, 0.4) is 0 Å². The van der Waals surface area contributed by atoms with Gasteiger partial charge in [-0.1, -0.05) is 0 Å². The van der Waals surface area contributed by atoms with Crippen LogP contribution >= 0.6 is 15.9 Å². The van der Waals surface area contributed by atoms with Crippen molar-refractivity contribution >= 4 is 26.0 Å². The molecular formula is C12H13BrN2O3S. The van der Waals surface area contributed by atoms with Crippen LogP contribution in [0.25, 0.3) is 0 Å².